The summed E-state index contributed by atoms with van der Waals surface area (Å²) in [5.74, 6) is 1.64. The van der Waals surface area contributed by atoms with Gasteiger partial charge >= 0.3 is 0 Å². The van der Waals surface area contributed by atoms with Gasteiger partial charge < -0.3 is 9.90 Å². The number of carbonyl (C=O) groups excluding carboxylic acids is 2. The number of fused-ring (bicyclic) bond motifs is 5. The number of carbonyl (C=O) groups is 2. The molecule has 3 heteroatoms. The molecule has 4 rings (SSSR count). The van der Waals surface area contributed by atoms with Crippen molar-refractivity contribution < 1.29 is 14.7 Å². The van der Waals surface area contributed by atoms with E-state index in [1.807, 2.05) is 6.08 Å². The summed E-state index contributed by atoms with van der Waals surface area (Å²) in [4.78, 5) is 23.5. The Morgan fingerprint density at radius 1 is 1.33 bits per heavy atom. The fourth-order valence-corrected chi connectivity index (χ4v) is 7.02. The largest absolute Gasteiger partial charge is 0.393 e. The third kappa shape index (κ3) is 1.94. The average molecular weight is 328 g/mol. The van der Waals surface area contributed by atoms with Crippen LogP contribution in [0.2, 0.25) is 0 Å². The van der Waals surface area contributed by atoms with Crippen molar-refractivity contribution in [3.05, 3.63) is 23.8 Å². The van der Waals surface area contributed by atoms with Crippen molar-refractivity contribution in [2.45, 2.75) is 52.6 Å². The Bertz CT molecular complexity index is 647. The average Bonchev–Trinajstić information content (AvgIpc) is 2.77. The van der Waals surface area contributed by atoms with Gasteiger partial charge in [0.15, 0.2) is 5.78 Å². The molecule has 0 saturated heterocycles. The van der Waals surface area contributed by atoms with E-state index in [0.29, 0.717) is 24.2 Å². The van der Waals surface area contributed by atoms with Crippen LogP contribution in [0.25, 0.3) is 0 Å². The number of aldehydes is 1. The minimum Gasteiger partial charge on any atom is -0.393 e. The van der Waals surface area contributed by atoms with Gasteiger partial charge in [0, 0.05) is 17.3 Å². The lowest BCUT2D eigenvalue weighted by molar-refractivity contribution is -0.131. The van der Waals surface area contributed by atoms with Crippen molar-refractivity contribution in [2.75, 3.05) is 0 Å². The summed E-state index contributed by atoms with van der Waals surface area (Å²) in [6, 6.07) is 0. The van der Waals surface area contributed by atoms with E-state index >= 15 is 0 Å². The van der Waals surface area contributed by atoms with E-state index in [2.05, 4.69) is 20.8 Å². The van der Waals surface area contributed by atoms with Crippen LogP contribution in [0.4, 0.5) is 0 Å². The van der Waals surface area contributed by atoms with Crippen LogP contribution in [-0.4, -0.2) is 23.3 Å². The summed E-state index contributed by atoms with van der Waals surface area (Å²) >= 11 is 0. The Morgan fingerprint density at radius 3 is 2.79 bits per heavy atom. The summed E-state index contributed by atoms with van der Waals surface area (Å²) < 4.78 is 0. The maximum atomic E-state index is 11.8. The van der Waals surface area contributed by atoms with Gasteiger partial charge in [-0.2, -0.15) is 0 Å². The second-order valence-electron chi connectivity index (χ2n) is 9.17. The molecule has 1 N–H and O–H groups in total. The van der Waals surface area contributed by atoms with Gasteiger partial charge in [0.1, 0.15) is 6.29 Å². The van der Waals surface area contributed by atoms with Crippen molar-refractivity contribution in [3.63, 3.8) is 0 Å². The first-order valence-corrected chi connectivity index (χ1v) is 9.39. The second kappa shape index (κ2) is 5.14. The minimum atomic E-state index is -0.407. The van der Waals surface area contributed by atoms with Gasteiger partial charge in [-0.05, 0) is 61.0 Å². The monoisotopic (exact) mass is 328 g/mol. The predicted octanol–water partition coefficient (Wildman–Crippen LogP) is 3.33. The molecule has 0 aromatic rings. The third-order valence-corrected chi connectivity index (χ3v) is 8.08. The molecule has 0 aromatic heterocycles. The zero-order valence-corrected chi connectivity index (χ0v) is 14.9. The normalized spacial score (nSPS) is 53.0. The molecule has 0 aliphatic heterocycles. The standard InChI is InChI=1S/C21H28O3/c1-12-8-16-15-5-4-13-9-14(23)6-7-20(13,2)19(15)18(24)10-21(16,3)17(12)11-22/h6-7,9,11-12,15-19,24H,4-5,8,10H2,1-3H3/t12-,15?,16?,17+,18+,19?,20+,21?/m1/s1. The summed E-state index contributed by atoms with van der Waals surface area (Å²) in [6.07, 6.45) is 10.0. The van der Waals surface area contributed by atoms with Crippen LogP contribution in [0, 0.1) is 40.4 Å². The van der Waals surface area contributed by atoms with Gasteiger partial charge in [0.25, 0.3) is 0 Å². The SMILES string of the molecule is C[C@@H]1CC2C3CCC4=CC(=O)C=C[C@]4(C)C3[C@@H](O)CC2(C)[C@H]1C=O. The highest BCUT2D eigenvalue weighted by molar-refractivity contribution is 6.01. The Hall–Kier alpha value is -1.22. The van der Waals surface area contributed by atoms with E-state index in [0.717, 1.165) is 25.5 Å². The van der Waals surface area contributed by atoms with Gasteiger partial charge in [0.2, 0.25) is 0 Å². The summed E-state index contributed by atoms with van der Waals surface area (Å²) in [5.41, 5.74) is 0.907. The van der Waals surface area contributed by atoms with Crippen LogP contribution in [0.15, 0.2) is 23.8 Å². The van der Waals surface area contributed by atoms with E-state index < -0.39 is 6.10 Å². The number of hydrogen-bond donors (Lipinski definition) is 1. The molecule has 3 saturated carbocycles. The third-order valence-electron chi connectivity index (χ3n) is 8.08. The van der Waals surface area contributed by atoms with Crippen molar-refractivity contribution in [2.24, 2.45) is 40.4 Å². The lowest BCUT2D eigenvalue weighted by Gasteiger charge is -2.58. The molecule has 4 aliphatic rings. The highest BCUT2D eigenvalue weighted by atomic mass is 16.3. The fraction of sp³-hybridized carbons (Fsp3) is 0.714. The van der Waals surface area contributed by atoms with E-state index in [1.54, 1.807) is 12.2 Å². The molecule has 3 fully saturated rings. The van der Waals surface area contributed by atoms with E-state index in [1.165, 1.54) is 5.57 Å². The first-order chi connectivity index (χ1) is 11.3. The Morgan fingerprint density at radius 2 is 2.08 bits per heavy atom. The van der Waals surface area contributed by atoms with Crippen LogP contribution in [-0.2, 0) is 9.59 Å². The molecule has 24 heavy (non-hydrogen) atoms. The number of rotatable bonds is 1. The number of aliphatic hydroxyl groups excluding tert-OH is 1. The Labute approximate surface area is 144 Å². The van der Waals surface area contributed by atoms with Crippen LogP contribution >= 0.6 is 0 Å². The lowest BCUT2D eigenvalue weighted by atomic mass is 9.47. The highest BCUT2D eigenvalue weighted by Gasteiger charge is 2.62. The molecule has 0 aromatic carbocycles. The van der Waals surface area contributed by atoms with Crippen LogP contribution in [0.1, 0.15) is 46.5 Å². The molecule has 0 spiro atoms. The fourth-order valence-electron chi connectivity index (χ4n) is 7.02. The van der Waals surface area contributed by atoms with Crippen molar-refractivity contribution in [1.82, 2.24) is 0 Å². The van der Waals surface area contributed by atoms with Crippen molar-refractivity contribution >= 4 is 12.1 Å². The first kappa shape index (κ1) is 16.3. The lowest BCUT2D eigenvalue weighted by Crippen LogP contribution is -2.56. The number of allylic oxidation sites excluding steroid dienone is 4. The van der Waals surface area contributed by atoms with Gasteiger partial charge in [-0.15, -0.1) is 0 Å². The summed E-state index contributed by atoms with van der Waals surface area (Å²) in [6.45, 7) is 6.62. The van der Waals surface area contributed by atoms with Crippen LogP contribution < -0.4 is 0 Å². The molecule has 0 amide bonds. The zero-order chi connectivity index (χ0) is 17.3. The van der Waals surface area contributed by atoms with Gasteiger partial charge in [-0.3, -0.25) is 4.79 Å². The molecule has 4 unspecified atom stereocenters. The van der Waals surface area contributed by atoms with Crippen molar-refractivity contribution in [1.29, 1.82) is 0 Å². The predicted molar refractivity (Wildman–Crippen MR) is 92.1 cm³/mol. The van der Waals surface area contributed by atoms with E-state index in [9.17, 15) is 14.7 Å². The molecule has 8 atom stereocenters. The van der Waals surface area contributed by atoms with Gasteiger partial charge in [0.05, 0.1) is 6.10 Å². The van der Waals surface area contributed by atoms with Crippen LogP contribution in [0.3, 0.4) is 0 Å². The topological polar surface area (TPSA) is 54.4 Å². The van der Waals surface area contributed by atoms with E-state index in [-0.39, 0.29) is 28.4 Å². The zero-order valence-electron chi connectivity index (χ0n) is 14.9. The summed E-state index contributed by atoms with van der Waals surface area (Å²) in [7, 11) is 0. The number of ketones is 1. The molecule has 0 bridgehead atoms. The maximum absolute atomic E-state index is 11.8. The smallest absolute Gasteiger partial charge is 0.178 e. The molecular formula is C21H28O3. The highest BCUT2D eigenvalue weighted by Crippen LogP contribution is 2.66. The Kier molecular flexibility index (Phi) is 3.48. The summed E-state index contributed by atoms with van der Waals surface area (Å²) in [5, 5.41) is 11.1. The molecule has 130 valence electrons. The number of aliphatic hydroxyl groups is 1. The molecule has 3 nitrogen and oxygen atoms in total. The Balaban J connectivity index is 1.76. The van der Waals surface area contributed by atoms with Crippen LogP contribution in [0.5, 0.6) is 0 Å². The second-order valence-corrected chi connectivity index (χ2v) is 9.17. The number of hydrogen-bond acceptors (Lipinski definition) is 3. The molecular weight excluding hydrogens is 300 g/mol. The molecule has 0 heterocycles. The van der Waals surface area contributed by atoms with E-state index in [4.69, 9.17) is 0 Å². The maximum Gasteiger partial charge on any atom is 0.178 e. The molecule has 4 aliphatic carbocycles. The van der Waals surface area contributed by atoms with Gasteiger partial charge in [-0.25, -0.2) is 0 Å². The van der Waals surface area contributed by atoms with Crippen molar-refractivity contribution in [3.8, 4) is 0 Å². The molecule has 0 radical (unpaired) electrons. The van der Waals surface area contributed by atoms with Gasteiger partial charge in [-0.1, -0.05) is 32.4 Å². The first-order valence-electron chi connectivity index (χ1n) is 9.39. The quantitative estimate of drug-likeness (QED) is 0.751. The minimum absolute atomic E-state index is 0.0614.